The first-order valence-electron chi connectivity index (χ1n) is 9.44. The highest BCUT2D eigenvalue weighted by Gasteiger charge is 2.26. The third-order valence-corrected chi connectivity index (χ3v) is 4.56. The zero-order chi connectivity index (χ0) is 22.1. The van der Waals surface area contributed by atoms with Gasteiger partial charge in [0.2, 0.25) is 0 Å². The smallest absolute Gasteiger partial charge is 0.264 e. The summed E-state index contributed by atoms with van der Waals surface area (Å²) < 4.78 is 0. The number of hydrogen-bond donors (Lipinski definition) is 1. The van der Waals surface area contributed by atoms with Gasteiger partial charge >= 0.3 is 0 Å². The number of ketones is 1. The molecule has 3 rings (SSSR count). The molecule has 0 aliphatic carbocycles. The molecule has 0 saturated carbocycles. The van der Waals surface area contributed by atoms with E-state index in [1.165, 1.54) is 4.90 Å². The Bertz CT molecular complexity index is 1210. The van der Waals surface area contributed by atoms with E-state index >= 15 is 0 Å². The number of H-pyrrole nitrogens is 1. The molecule has 30 heavy (non-hydrogen) atoms. The van der Waals surface area contributed by atoms with E-state index in [9.17, 15) is 14.9 Å². The first-order chi connectivity index (χ1) is 14.1. The van der Waals surface area contributed by atoms with Crippen molar-refractivity contribution >= 4 is 28.9 Å². The zero-order valence-electron chi connectivity index (χ0n) is 17.6. The maximum absolute atomic E-state index is 12.8. The Morgan fingerprint density at radius 3 is 2.60 bits per heavy atom. The molecule has 0 spiro atoms. The normalized spacial score (nSPS) is 11.9. The van der Waals surface area contributed by atoms with E-state index in [2.05, 4.69) is 15.0 Å². The maximum atomic E-state index is 12.8. The fourth-order valence-corrected chi connectivity index (χ4v) is 2.94. The maximum Gasteiger partial charge on any atom is 0.264 e. The summed E-state index contributed by atoms with van der Waals surface area (Å²) in [5.41, 5.74) is 3.14. The van der Waals surface area contributed by atoms with Crippen LogP contribution in [0.25, 0.3) is 28.5 Å². The number of rotatable bonds is 4. The van der Waals surface area contributed by atoms with Gasteiger partial charge < -0.3 is 9.88 Å². The van der Waals surface area contributed by atoms with Crippen LogP contribution in [0.2, 0.25) is 0 Å². The molecule has 1 aromatic carbocycles. The second-order valence-corrected chi connectivity index (χ2v) is 8.23. The number of aromatic nitrogens is 3. The number of amides is 1. The average Bonchev–Trinajstić information content (AvgIpc) is 3.13. The van der Waals surface area contributed by atoms with E-state index in [-0.39, 0.29) is 17.3 Å². The molecule has 0 aliphatic rings. The molecule has 1 N–H and O–H groups in total. The van der Waals surface area contributed by atoms with Gasteiger partial charge in [-0.25, -0.2) is 9.97 Å². The van der Waals surface area contributed by atoms with Gasteiger partial charge in [0.05, 0.1) is 17.5 Å². The van der Waals surface area contributed by atoms with Gasteiger partial charge in [0.15, 0.2) is 11.4 Å². The Kier molecular flexibility index (Phi) is 5.52. The van der Waals surface area contributed by atoms with Crippen molar-refractivity contribution in [2.24, 2.45) is 5.41 Å². The molecular formula is C23H23N5O2. The van der Waals surface area contributed by atoms with Gasteiger partial charge in [-0.05, 0) is 17.7 Å². The number of aromatic amines is 1. The Balaban J connectivity index is 2.05. The highest BCUT2D eigenvalue weighted by atomic mass is 16.2. The molecule has 0 unspecified atom stereocenters. The highest BCUT2D eigenvalue weighted by Crippen LogP contribution is 2.27. The summed E-state index contributed by atoms with van der Waals surface area (Å²) in [6.45, 7) is 5.59. The van der Waals surface area contributed by atoms with E-state index in [0.717, 1.165) is 5.56 Å². The number of Topliss-reactive ketones (excluding diaryl/α,β-unsaturated/α-hetero) is 1. The van der Waals surface area contributed by atoms with Crippen LogP contribution in [0.3, 0.4) is 0 Å². The highest BCUT2D eigenvalue weighted by molar-refractivity contribution is 6.08. The monoisotopic (exact) mass is 401 g/mol. The fourth-order valence-electron chi connectivity index (χ4n) is 2.94. The second-order valence-electron chi connectivity index (χ2n) is 8.23. The predicted octanol–water partition coefficient (Wildman–Crippen LogP) is 3.85. The van der Waals surface area contributed by atoms with Crippen LogP contribution in [-0.2, 0) is 4.79 Å². The number of benzene rings is 1. The molecule has 152 valence electrons. The Hall–Kier alpha value is -3.79. The summed E-state index contributed by atoms with van der Waals surface area (Å²) in [6, 6.07) is 9.27. The quantitative estimate of drug-likeness (QED) is 0.406. The molecule has 0 radical (unpaired) electrons. The van der Waals surface area contributed by atoms with Crippen LogP contribution >= 0.6 is 0 Å². The van der Waals surface area contributed by atoms with Gasteiger partial charge in [-0.3, -0.25) is 9.59 Å². The number of hydrogen-bond acceptors (Lipinski definition) is 5. The summed E-state index contributed by atoms with van der Waals surface area (Å²) in [4.78, 5) is 38.3. The number of nitriles is 1. The topological polar surface area (TPSA) is 103 Å². The molecule has 0 saturated heterocycles. The van der Waals surface area contributed by atoms with E-state index in [4.69, 9.17) is 0 Å². The van der Waals surface area contributed by atoms with Crippen LogP contribution in [0.1, 0.15) is 36.7 Å². The van der Waals surface area contributed by atoms with E-state index < -0.39 is 5.41 Å². The molecule has 7 heteroatoms. The summed E-state index contributed by atoms with van der Waals surface area (Å²) in [5, 5.41) is 9.31. The van der Waals surface area contributed by atoms with Crippen molar-refractivity contribution in [1.82, 2.24) is 19.9 Å². The van der Waals surface area contributed by atoms with Gasteiger partial charge in [0.1, 0.15) is 17.2 Å². The van der Waals surface area contributed by atoms with Crippen molar-refractivity contribution in [3.05, 3.63) is 53.4 Å². The largest absolute Gasteiger partial charge is 0.344 e. The molecule has 0 bridgehead atoms. The molecule has 2 aromatic heterocycles. The molecule has 0 atom stereocenters. The van der Waals surface area contributed by atoms with Crippen molar-refractivity contribution in [1.29, 1.82) is 5.26 Å². The van der Waals surface area contributed by atoms with Crippen molar-refractivity contribution in [3.8, 4) is 17.3 Å². The van der Waals surface area contributed by atoms with Crippen LogP contribution in [0.4, 0.5) is 0 Å². The summed E-state index contributed by atoms with van der Waals surface area (Å²) in [5.74, 6) is -0.375. The minimum Gasteiger partial charge on any atom is -0.344 e. The fraction of sp³-hybridized carbons (Fsp3) is 0.261. The van der Waals surface area contributed by atoms with Crippen molar-refractivity contribution in [3.63, 3.8) is 0 Å². The molecule has 7 nitrogen and oxygen atoms in total. The number of carbonyl (C=O) groups is 2. The molecule has 0 fully saturated rings. The molecular weight excluding hydrogens is 378 g/mol. The number of nitrogens with zero attached hydrogens (tertiary/aromatic N) is 4. The van der Waals surface area contributed by atoms with Gasteiger partial charge in [-0.15, -0.1) is 0 Å². The third-order valence-electron chi connectivity index (χ3n) is 4.56. The van der Waals surface area contributed by atoms with E-state index in [1.54, 1.807) is 38.6 Å². The number of nitrogens with one attached hydrogen (secondary N) is 1. The van der Waals surface area contributed by atoms with Crippen LogP contribution in [0, 0.1) is 16.7 Å². The Morgan fingerprint density at radius 2 is 1.97 bits per heavy atom. The van der Waals surface area contributed by atoms with Gasteiger partial charge in [0, 0.05) is 31.3 Å². The molecule has 1 amide bonds. The molecule has 2 heterocycles. The van der Waals surface area contributed by atoms with Crippen LogP contribution in [0.15, 0.2) is 42.2 Å². The van der Waals surface area contributed by atoms with Crippen LogP contribution in [-0.4, -0.2) is 45.6 Å². The molecule has 3 aromatic rings. The number of carbonyl (C=O) groups excluding carboxylic acids is 2. The van der Waals surface area contributed by atoms with Gasteiger partial charge in [-0.2, -0.15) is 5.26 Å². The van der Waals surface area contributed by atoms with Crippen molar-refractivity contribution < 1.29 is 9.59 Å². The lowest BCUT2D eigenvalue weighted by Crippen LogP contribution is -2.22. The summed E-state index contributed by atoms with van der Waals surface area (Å²) in [7, 11) is 3.20. The van der Waals surface area contributed by atoms with Crippen molar-refractivity contribution in [2.45, 2.75) is 20.8 Å². The number of likely N-dealkylation sites (N-methyl/N-ethyl adjacent to an activating group) is 1. The third kappa shape index (κ3) is 4.13. The minimum absolute atomic E-state index is 0.0160. The average molecular weight is 401 g/mol. The Labute approximate surface area is 175 Å². The lowest BCUT2D eigenvalue weighted by molar-refractivity contribution is -0.124. The van der Waals surface area contributed by atoms with Crippen molar-refractivity contribution in [2.75, 3.05) is 14.1 Å². The zero-order valence-corrected chi connectivity index (χ0v) is 17.6. The van der Waals surface area contributed by atoms with Gasteiger partial charge in [-0.1, -0.05) is 39.0 Å². The van der Waals surface area contributed by atoms with E-state index in [0.29, 0.717) is 28.0 Å². The lowest BCUT2D eigenvalue weighted by Gasteiger charge is -2.15. The lowest BCUT2D eigenvalue weighted by atomic mass is 9.87. The predicted molar refractivity (Wildman–Crippen MR) is 115 cm³/mol. The second kappa shape index (κ2) is 7.91. The standard InChI is InChI=1S/C23H23N5O2/c1-23(2,3)20(29)17-12-25-21-19(17)27-18(13-26-21)15-8-6-7-14(9-15)10-16(11-24)22(30)28(4)5/h6-10,12-13H,1-5H3,(H,25,26)/b16-10+. The minimum atomic E-state index is -0.538. The van der Waals surface area contributed by atoms with Gasteiger partial charge in [0.25, 0.3) is 5.91 Å². The van der Waals surface area contributed by atoms with Crippen LogP contribution < -0.4 is 0 Å². The van der Waals surface area contributed by atoms with Crippen LogP contribution in [0.5, 0.6) is 0 Å². The van der Waals surface area contributed by atoms with E-state index in [1.807, 2.05) is 45.0 Å². The summed E-state index contributed by atoms with van der Waals surface area (Å²) >= 11 is 0. The molecule has 0 aliphatic heterocycles. The first-order valence-corrected chi connectivity index (χ1v) is 9.44. The first kappa shape index (κ1) is 20.9. The summed E-state index contributed by atoms with van der Waals surface area (Å²) in [6.07, 6.45) is 4.82. The SMILES string of the molecule is CN(C)C(=O)/C(C#N)=C/c1cccc(-c2cnc3[nH]cc(C(=O)C(C)(C)C)c3n2)c1. The Morgan fingerprint density at radius 1 is 1.23 bits per heavy atom. The number of fused-ring (bicyclic) bond motifs is 1.